The van der Waals surface area contributed by atoms with Crippen molar-refractivity contribution in [3.05, 3.63) is 29.3 Å². The molecule has 1 aromatic rings. The highest BCUT2D eigenvalue weighted by Crippen LogP contribution is 2.27. The fraction of sp³-hybridized carbons (Fsp3) is 0.667. The molecule has 2 amide bonds. The predicted molar refractivity (Wildman–Crippen MR) is 124 cm³/mol. The maximum Gasteiger partial charge on any atom is 0.238 e. The number of hydrogen-bond acceptors (Lipinski definition) is 4. The Bertz CT molecular complexity index is 664. The van der Waals surface area contributed by atoms with E-state index in [4.69, 9.17) is 0 Å². The molecule has 0 unspecified atom stereocenters. The Kier molecular flexibility index (Phi) is 10.3. The summed E-state index contributed by atoms with van der Waals surface area (Å²) >= 11 is 0. The van der Waals surface area contributed by atoms with E-state index < -0.39 is 0 Å². The van der Waals surface area contributed by atoms with Gasteiger partial charge in [0.05, 0.1) is 6.54 Å². The molecule has 6 heteroatoms. The Balaban J connectivity index is 1.69. The van der Waals surface area contributed by atoms with Crippen LogP contribution < -0.4 is 10.6 Å². The molecule has 0 heterocycles. The zero-order valence-corrected chi connectivity index (χ0v) is 19.3. The normalized spacial score (nSPS) is 13.7. The average Bonchev–Trinajstić information content (AvgIpc) is 3.56. The molecule has 1 aliphatic carbocycles. The first-order valence-corrected chi connectivity index (χ1v) is 11.5. The quantitative estimate of drug-likeness (QED) is 0.457. The first kappa shape index (κ1) is 24.4. The SMILES string of the molecule is CCN(CC)CCCCNC(=O)CCN(CC(=O)Nc1c(C)cccc1C)C1CC1. The third kappa shape index (κ3) is 8.44. The number of carbonyl (C=O) groups excluding carboxylic acids is 2. The lowest BCUT2D eigenvalue weighted by Gasteiger charge is -2.22. The van der Waals surface area contributed by atoms with Crippen LogP contribution in [0.15, 0.2) is 18.2 Å². The number of amides is 2. The smallest absolute Gasteiger partial charge is 0.238 e. The molecule has 0 atom stereocenters. The Labute approximate surface area is 182 Å². The number of nitrogens with one attached hydrogen (secondary N) is 2. The van der Waals surface area contributed by atoms with E-state index in [0.717, 1.165) is 68.7 Å². The highest BCUT2D eigenvalue weighted by molar-refractivity contribution is 5.93. The zero-order valence-electron chi connectivity index (χ0n) is 19.3. The molecule has 1 aromatic carbocycles. The van der Waals surface area contributed by atoms with Crippen LogP contribution in [0.25, 0.3) is 0 Å². The van der Waals surface area contributed by atoms with E-state index >= 15 is 0 Å². The molecule has 0 spiro atoms. The van der Waals surface area contributed by atoms with E-state index in [1.54, 1.807) is 0 Å². The van der Waals surface area contributed by atoms with Crippen molar-refractivity contribution in [2.24, 2.45) is 0 Å². The highest BCUT2D eigenvalue weighted by Gasteiger charge is 2.30. The van der Waals surface area contributed by atoms with Crippen molar-refractivity contribution in [3.8, 4) is 0 Å². The lowest BCUT2D eigenvalue weighted by molar-refractivity contribution is -0.122. The molecule has 0 aromatic heterocycles. The standard InChI is InChI=1S/C24H40N4O2/c1-5-27(6-2)16-8-7-15-25-22(29)14-17-28(21-12-13-21)18-23(30)26-24-19(3)10-9-11-20(24)4/h9-11,21H,5-8,12-18H2,1-4H3,(H,25,29)(H,26,30). The number of carbonyl (C=O) groups is 2. The van der Waals surface area contributed by atoms with E-state index in [9.17, 15) is 9.59 Å². The van der Waals surface area contributed by atoms with Gasteiger partial charge in [0, 0.05) is 31.2 Å². The first-order chi connectivity index (χ1) is 14.4. The minimum atomic E-state index is -0.00360. The minimum Gasteiger partial charge on any atom is -0.356 e. The Morgan fingerprint density at radius 1 is 1.00 bits per heavy atom. The summed E-state index contributed by atoms with van der Waals surface area (Å²) in [5.74, 6) is 0.0785. The third-order valence-electron chi connectivity index (χ3n) is 5.90. The van der Waals surface area contributed by atoms with Gasteiger partial charge in [-0.3, -0.25) is 14.5 Å². The fourth-order valence-electron chi connectivity index (χ4n) is 3.77. The van der Waals surface area contributed by atoms with E-state index in [-0.39, 0.29) is 11.8 Å². The lowest BCUT2D eigenvalue weighted by atomic mass is 10.1. The van der Waals surface area contributed by atoms with Gasteiger partial charge in [-0.2, -0.15) is 0 Å². The van der Waals surface area contributed by atoms with E-state index in [1.165, 1.54) is 0 Å². The second-order valence-corrected chi connectivity index (χ2v) is 8.35. The third-order valence-corrected chi connectivity index (χ3v) is 5.90. The second-order valence-electron chi connectivity index (χ2n) is 8.35. The van der Waals surface area contributed by atoms with Crippen molar-refractivity contribution in [1.82, 2.24) is 15.1 Å². The largest absolute Gasteiger partial charge is 0.356 e. The van der Waals surface area contributed by atoms with Gasteiger partial charge < -0.3 is 15.5 Å². The minimum absolute atomic E-state index is 0.00360. The fourth-order valence-corrected chi connectivity index (χ4v) is 3.77. The van der Waals surface area contributed by atoms with Crippen LogP contribution >= 0.6 is 0 Å². The summed E-state index contributed by atoms with van der Waals surface area (Å²) in [6.45, 7) is 13.3. The number of benzene rings is 1. The van der Waals surface area contributed by atoms with E-state index in [2.05, 4.69) is 34.3 Å². The van der Waals surface area contributed by atoms with Gasteiger partial charge in [0.1, 0.15) is 0 Å². The Morgan fingerprint density at radius 2 is 1.67 bits per heavy atom. The maximum atomic E-state index is 12.6. The molecular weight excluding hydrogens is 376 g/mol. The van der Waals surface area contributed by atoms with Gasteiger partial charge in [-0.25, -0.2) is 0 Å². The summed E-state index contributed by atoms with van der Waals surface area (Å²) in [7, 11) is 0. The number of nitrogens with zero attached hydrogens (tertiary/aromatic N) is 2. The van der Waals surface area contributed by atoms with Crippen molar-refractivity contribution in [2.75, 3.05) is 44.6 Å². The molecule has 1 fully saturated rings. The number of para-hydroxylation sites is 1. The predicted octanol–water partition coefficient (Wildman–Crippen LogP) is 3.33. The van der Waals surface area contributed by atoms with Crippen LogP contribution in [0, 0.1) is 13.8 Å². The summed E-state index contributed by atoms with van der Waals surface area (Å²) < 4.78 is 0. The monoisotopic (exact) mass is 416 g/mol. The van der Waals surface area contributed by atoms with Crippen LogP contribution in [0.3, 0.4) is 0 Å². The summed E-state index contributed by atoms with van der Waals surface area (Å²) in [6, 6.07) is 6.45. The molecule has 2 N–H and O–H groups in total. The van der Waals surface area contributed by atoms with Gasteiger partial charge in [-0.1, -0.05) is 32.0 Å². The van der Waals surface area contributed by atoms with Crippen molar-refractivity contribution in [1.29, 1.82) is 0 Å². The van der Waals surface area contributed by atoms with E-state index in [0.29, 0.717) is 25.6 Å². The molecule has 0 aliphatic heterocycles. The summed E-state index contributed by atoms with van der Waals surface area (Å²) in [6.07, 6.45) is 4.79. The van der Waals surface area contributed by atoms with Crippen LogP contribution in [0.5, 0.6) is 0 Å². The second kappa shape index (κ2) is 12.7. The van der Waals surface area contributed by atoms with Gasteiger partial charge >= 0.3 is 0 Å². The van der Waals surface area contributed by atoms with Crippen molar-refractivity contribution in [2.45, 2.75) is 65.8 Å². The Hall–Kier alpha value is -1.92. The van der Waals surface area contributed by atoms with Crippen LogP contribution in [-0.2, 0) is 9.59 Å². The number of anilines is 1. The molecule has 2 rings (SSSR count). The molecule has 1 saturated carbocycles. The van der Waals surface area contributed by atoms with Crippen molar-refractivity contribution >= 4 is 17.5 Å². The van der Waals surface area contributed by atoms with Crippen LogP contribution in [0.2, 0.25) is 0 Å². The molecule has 30 heavy (non-hydrogen) atoms. The summed E-state index contributed by atoms with van der Waals surface area (Å²) in [5, 5.41) is 6.09. The van der Waals surface area contributed by atoms with Crippen LogP contribution in [-0.4, -0.2) is 66.9 Å². The van der Waals surface area contributed by atoms with Gasteiger partial charge in [0.25, 0.3) is 0 Å². The van der Waals surface area contributed by atoms with Gasteiger partial charge in [0.2, 0.25) is 11.8 Å². The number of hydrogen-bond donors (Lipinski definition) is 2. The number of unbranched alkanes of at least 4 members (excludes halogenated alkanes) is 1. The Morgan fingerprint density at radius 3 is 2.27 bits per heavy atom. The summed E-state index contributed by atoms with van der Waals surface area (Å²) in [4.78, 5) is 29.4. The van der Waals surface area contributed by atoms with Gasteiger partial charge in [0.15, 0.2) is 0 Å². The highest BCUT2D eigenvalue weighted by atomic mass is 16.2. The molecule has 6 nitrogen and oxygen atoms in total. The zero-order chi connectivity index (χ0) is 21.9. The van der Waals surface area contributed by atoms with Gasteiger partial charge in [-0.05, 0) is 70.3 Å². The van der Waals surface area contributed by atoms with Gasteiger partial charge in [-0.15, -0.1) is 0 Å². The van der Waals surface area contributed by atoms with Crippen LogP contribution in [0.4, 0.5) is 5.69 Å². The molecular formula is C24H40N4O2. The molecule has 168 valence electrons. The number of aryl methyl sites for hydroxylation is 2. The van der Waals surface area contributed by atoms with Crippen molar-refractivity contribution in [3.63, 3.8) is 0 Å². The molecule has 0 radical (unpaired) electrons. The summed E-state index contributed by atoms with van der Waals surface area (Å²) in [5.41, 5.74) is 3.05. The van der Waals surface area contributed by atoms with Crippen LogP contribution in [0.1, 0.15) is 57.1 Å². The maximum absolute atomic E-state index is 12.6. The van der Waals surface area contributed by atoms with E-state index in [1.807, 2.05) is 32.0 Å². The first-order valence-electron chi connectivity index (χ1n) is 11.5. The number of rotatable bonds is 14. The topological polar surface area (TPSA) is 64.7 Å². The average molecular weight is 417 g/mol. The molecule has 0 saturated heterocycles. The molecule has 1 aliphatic rings. The molecule has 0 bridgehead atoms. The lowest BCUT2D eigenvalue weighted by Crippen LogP contribution is -2.38. The van der Waals surface area contributed by atoms with Crippen molar-refractivity contribution < 1.29 is 9.59 Å².